The SMILES string of the molecule is NCOC(=O)c1ccc(-c2ccccc2)cc1. The highest BCUT2D eigenvalue weighted by atomic mass is 16.5. The third-order valence-electron chi connectivity index (χ3n) is 2.44. The summed E-state index contributed by atoms with van der Waals surface area (Å²) in [5.74, 6) is -0.396. The summed E-state index contributed by atoms with van der Waals surface area (Å²) in [6.07, 6.45) is 0. The molecule has 0 aliphatic rings. The number of rotatable bonds is 3. The van der Waals surface area contributed by atoms with Crippen molar-refractivity contribution in [2.75, 3.05) is 6.73 Å². The van der Waals surface area contributed by atoms with Crippen molar-refractivity contribution in [2.24, 2.45) is 5.73 Å². The third-order valence-corrected chi connectivity index (χ3v) is 2.44. The third kappa shape index (κ3) is 2.71. The average molecular weight is 227 g/mol. The lowest BCUT2D eigenvalue weighted by Crippen LogP contribution is -2.11. The molecule has 0 atom stereocenters. The summed E-state index contributed by atoms with van der Waals surface area (Å²) in [5.41, 5.74) is 7.84. The summed E-state index contributed by atoms with van der Waals surface area (Å²) in [4.78, 5) is 11.4. The molecule has 17 heavy (non-hydrogen) atoms. The fourth-order valence-corrected chi connectivity index (χ4v) is 1.59. The second-order valence-corrected chi connectivity index (χ2v) is 3.54. The number of carbonyl (C=O) groups excluding carboxylic acids is 1. The van der Waals surface area contributed by atoms with E-state index in [1.54, 1.807) is 12.1 Å². The molecule has 0 saturated heterocycles. The highest BCUT2D eigenvalue weighted by Crippen LogP contribution is 2.19. The first-order valence-electron chi connectivity index (χ1n) is 5.34. The van der Waals surface area contributed by atoms with Gasteiger partial charge in [-0.3, -0.25) is 5.73 Å². The molecule has 0 aliphatic carbocycles. The molecular formula is C14H13NO2. The van der Waals surface area contributed by atoms with Crippen LogP contribution in [0, 0.1) is 0 Å². The van der Waals surface area contributed by atoms with Crippen LogP contribution in [0.25, 0.3) is 11.1 Å². The average Bonchev–Trinajstić information content (AvgIpc) is 2.40. The molecule has 0 aliphatic heterocycles. The fourth-order valence-electron chi connectivity index (χ4n) is 1.59. The largest absolute Gasteiger partial charge is 0.446 e. The summed E-state index contributed by atoms with van der Waals surface area (Å²) in [5, 5.41) is 0. The Balaban J connectivity index is 2.22. The van der Waals surface area contributed by atoms with Gasteiger partial charge in [-0.05, 0) is 23.3 Å². The molecule has 0 amide bonds. The van der Waals surface area contributed by atoms with Crippen molar-refractivity contribution in [3.05, 3.63) is 60.2 Å². The minimum atomic E-state index is -0.396. The van der Waals surface area contributed by atoms with E-state index in [9.17, 15) is 4.79 Å². The van der Waals surface area contributed by atoms with E-state index in [1.807, 2.05) is 42.5 Å². The highest BCUT2D eigenvalue weighted by Gasteiger charge is 2.05. The summed E-state index contributed by atoms with van der Waals surface area (Å²) < 4.78 is 4.71. The number of ether oxygens (including phenoxy) is 1. The second-order valence-electron chi connectivity index (χ2n) is 3.54. The molecule has 0 heterocycles. The first-order valence-corrected chi connectivity index (χ1v) is 5.34. The summed E-state index contributed by atoms with van der Waals surface area (Å²) in [6, 6.07) is 17.2. The molecule has 0 spiro atoms. The van der Waals surface area contributed by atoms with Crippen molar-refractivity contribution >= 4 is 5.97 Å². The zero-order valence-electron chi connectivity index (χ0n) is 9.30. The van der Waals surface area contributed by atoms with Gasteiger partial charge in [0.1, 0.15) is 6.73 Å². The van der Waals surface area contributed by atoms with Gasteiger partial charge >= 0.3 is 5.97 Å². The Bertz CT molecular complexity index is 491. The van der Waals surface area contributed by atoms with E-state index in [0.717, 1.165) is 11.1 Å². The van der Waals surface area contributed by atoms with Crippen molar-refractivity contribution in [3.63, 3.8) is 0 Å². The number of esters is 1. The molecule has 0 bridgehead atoms. The maximum atomic E-state index is 11.4. The number of benzene rings is 2. The molecule has 0 unspecified atom stereocenters. The summed E-state index contributed by atoms with van der Waals surface area (Å²) in [6.45, 7) is -0.0979. The number of hydrogen-bond acceptors (Lipinski definition) is 3. The van der Waals surface area contributed by atoms with Crippen LogP contribution >= 0.6 is 0 Å². The quantitative estimate of drug-likeness (QED) is 0.647. The van der Waals surface area contributed by atoms with Gasteiger partial charge in [0.25, 0.3) is 0 Å². The lowest BCUT2D eigenvalue weighted by Gasteiger charge is -2.04. The van der Waals surface area contributed by atoms with E-state index >= 15 is 0 Å². The molecule has 2 aromatic rings. The van der Waals surface area contributed by atoms with Gasteiger partial charge in [-0.15, -0.1) is 0 Å². The molecule has 3 heteroatoms. The summed E-state index contributed by atoms with van der Waals surface area (Å²) in [7, 11) is 0. The fraction of sp³-hybridized carbons (Fsp3) is 0.0714. The predicted molar refractivity (Wildman–Crippen MR) is 66.3 cm³/mol. The Kier molecular flexibility index (Phi) is 3.52. The van der Waals surface area contributed by atoms with Gasteiger partial charge in [0.2, 0.25) is 0 Å². The van der Waals surface area contributed by atoms with Gasteiger partial charge in [0, 0.05) is 0 Å². The van der Waals surface area contributed by atoms with Crippen LogP contribution < -0.4 is 5.73 Å². The van der Waals surface area contributed by atoms with Crippen molar-refractivity contribution in [1.29, 1.82) is 0 Å². The smallest absolute Gasteiger partial charge is 0.339 e. The standard InChI is InChI=1S/C14H13NO2/c15-10-17-14(16)13-8-6-12(7-9-13)11-4-2-1-3-5-11/h1-9H,10,15H2. The van der Waals surface area contributed by atoms with E-state index in [-0.39, 0.29) is 6.73 Å². The molecule has 2 aromatic carbocycles. The molecule has 86 valence electrons. The van der Waals surface area contributed by atoms with Crippen LogP contribution in [-0.2, 0) is 4.74 Å². The monoisotopic (exact) mass is 227 g/mol. The highest BCUT2D eigenvalue weighted by molar-refractivity contribution is 5.90. The van der Waals surface area contributed by atoms with Gasteiger partial charge in [-0.1, -0.05) is 42.5 Å². The topological polar surface area (TPSA) is 52.3 Å². The Morgan fingerprint density at radius 3 is 2.12 bits per heavy atom. The number of nitrogens with two attached hydrogens (primary N) is 1. The van der Waals surface area contributed by atoms with Gasteiger partial charge in [0.05, 0.1) is 5.56 Å². The molecule has 0 fully saturated rings. The second kappa shape index (κ2) is 5.27. The van der Waals surface area contributed by atoms with Gasteiger partial charge in [-0.2, -0.15) is 0 Å². The Morgan fingerprint density at radius 1 is 0.941 bits per heavy atom. The van der Waals surface area contributed by atoms with E-state index in [2.05, 4.69) is 0 Å². The van der Waals surface area contributed by atoms with E-state index in [4.69, 9.17) is 10.5 Å². The maximum Gasteiger partial charge on any atom is 0.339 e. The molecule has 0 radical (unpaired) electrons. The summed E-state index contributed by atoms with van der Waals surface area (Å²) >= 11 is 0. The normalized spacial score (nSPS) is 9.94. The van der Waals surface area contributed by atoms with E-state index in [1.165, 1.54) is 0 Å². The lowest BCUT2D eigenvalue weighted by atomic mass is 10.0. The Labute approximate surface area is 99.8 Å². The van der Waals surface area contributed by atoms with Crippen LogP contribution in [0.3, 0.4) is 0 Å². The Hall–Kier alpha value is -2.13. The van der Waals surface area contributed by atoms with Crippen LogP contribution in [0.1, 0.15) is 10.4 Å². The molecule has 2 N–H and O–H groups in total. The van der Waals surface area contributed by atoms with Crippen molar-refractivity contribution in [3.8, 4) is 11.1 Å². The van der Waals surface area contributed by atoms with Gasteiger partial charge in [0.15, 0.2) is 0 Å². The van der Waals surface area contributed by atoms with Gasteiger partial charge in [-0.25, -0.2) is 4.79 Å². The lowest BCUT2D eigenvalue weighted by molar-refractivity contribution is 0.0515. The predicted octanol–water partition coefficient (Wildman–Crippen LogP) is 2.43. The molecule has 0 aromatic heterocycles. The molecule has 0 saturated carbocycles. The van der Waals surface area contributed by atoms with Crippen LogP contribution in [0.2, 0.25) is 0 Å². The minimum absolute atomic E-state index is 0.0979. The van der Waals surface area contributed by atoms with Crippen molar-refractivity contribution in [2.45, 2.75) is 0 Å². The van der Waals surface area contributed by atoms with Crippen LogP contribution in [-0.4, -0.2) is 12.7 Å². The van der Waals surface area contributed by atoms with Crippen molar-refractivity contribution in [1.82, 2.24) is 0 Å². The Morgan fingerprint density at radius 2 is 1.53 bits per heavy atom. The minimum Gasteiger partial charge on any atom is -0.446 e. The maximum absolute atomic E-state index is 11.4. The zero-order valence-corrected chi connectivity index (χ0v) is 9.30. The molecule has 2 rings (SSSR count). The van der Waals surface area contributed by atoms with Crippen LogP contribution in [0.4, 0.5) is 0 Å². The van der Waals surface area contributed by atoms with Crippen molar-refractivity contribution < 1.29 is 9.53 Å². The van der Waals surface area contributed by atoms with Gasteiger partial charge < -0.3 is 4.74 Å². The van der Waals surface area contributed by atoms with E-state index in [0.29, 0.717) is 5.56 Å². The first-order chi connectivity index (χ1) is 8.31. The number of carbonyl (C=O) groups is 1. The number of hydrogen-bond donors (Lipinski definition) is 1. The first kappa shape index (κ1) is 11.4. The van der Waals surface area contributed by atoms with E-state index < -0.39 is 5.97 Å². The molecular weight excluding hydrogens is 214 g/mol. The van der Waals surface area contributed by atoms with Crippen LogP contribution in [0.5, 0.6) is 0 Å². The zero-order chi connectivity index (χ0) is 12.1. The molecule has 3 nitrogen and oxygen atoms in total. The van der Waals surface area contributed by atoms with Crippen LogP contribution in [0.15, 0.2) is 54.6 Å².